The first-order valence-corrected chi connectivity index (χ1v) is 6.38. The van der Waals surface area contributed by atoms with E-state index in [9.17, 15) is 14.7 Å². The molecule has 0 radical (unpaired) electrons. The van der Waals surface area contributed by atoms with Gasteiger partial charge in [0.2, 0.25) is 0 Å². The molecule has 4 N–H and O–H groups in total. The molecule has 0 aliphatic carbocycles. The zero-order valence-corrected chi connectivity index (χ0v) is 11.3. The third-order valence-corrected chi connectivity index (χ3v) is 3.72. The first-order chi connectivity index (χ1) is 8.82. The van der Waals surface area contributed by atoms with E-state index in [1.807, 2.05) is 4.90 Å². The summed E-state index contributed by atoms with van der Waals surface area (Å²) in [6, 6.07) is 0. The summed E-state index contributed by atoms with van der Waals surface area (Å²) in [7, 11) is 1.52. The number of rotatable bonds is 1. The van der Waals surface area contributed by atoms with Crippen molar-refractivity contribution in [3.05, 3.63) is 20.8 Å². The SMILES string of the molecule is Cn1c(N)c(N2CCCC(C)(O)CC2)c(=O)[nH]c1=O. The zero-order valence-electron chi connectivity index (χ0n) is 11.3. The van der Waals surface area contributed by atoms with Crippen molar-refractivity contribution in [1.29, 1.82) is 0 Å². The Morgan fingerprint density at radius 2 is 2.00 bits per heavy atom. The number of aromatic nitrogens is 2. The average molecular weight is 268 g/mol. The molecule has 106 valence electrons. The van der Waals surface area contributed by atoms with Crippen LogP contribution in [0.15, 0.2) is 9.59 Å². The van der Waals surface area contributed by atoms with Gasteiger partial charge < -0.3 is 15.7 Å². The number of H-pyrrole nitrogens is 1. The third-order valence-electron chi connectivity index (χ3n) is 3.72. The Bertz CT molecular complexity index is 588. The van der Waals surface area contributed by atoms with Crippen molar-refractivity contribution in [2.24, 2.45) is 7.05 Å². The highest BCUT2D eigenvalue weighted by Crippen LogP contribution is 2.25. The van der Waals surface area contributed by atoms with Crippen LogP contribution in [0.5, 0.6) is 0 Å². The van der Waals surface area contributed by atoms with Crippen LogP contribution in [0.25, 0.3) is 0 Å². The number of hydrogen-bond acceptors (Lipinski definition) is 5. The molecule has 7 heteroatoms. The van der Waals surface area contributed by atoms with Crippen LogP contribution in [0.4, 0.5) is 11.5 Å². The van der Waals surface area contributed by atoms with Crippen LogP contribution in [0, 0.1) is 0 Å². The minimum Gasteiger partial charge on any atom is -0.390 e. The van der Waals surface area contributed by atoms with Crippen molar-refractivity contribution in [3.63, 3.8) is 0 Å². The Morgan fingerprint density at radius 3 is 2.68 bits per heavy atom. The molecule has 1 aromatic rings. The summed E-state index contributed by atoms with van der Waals surface area (Å²) >= 11 is 0. The summed E-state index contributed by atoms with van der Waals surface area (Å²) < 4.78 is 1.22. The van der Waals surface area contributed by atoms with Gasteiger partial charge in [-0.15, -0.1) is 0 Å². The number of hydrogen-bond donors (Lipinski definition) is 3. The summed E-state index contributed by atoms with van der Waals surface area (Å²) in [5.41, 5.74) is 4.49. The highest BCUT2D eigenvalue weighted by atomic mass is 16.3. The van der Waals surface area contributed by atoms with Gasteiger partial charge in [-0.3, -0.25) is 14.3 Å². The van der Waals surface area contributed by atoms with Crippen molar-refractivity contribution in [2.45, 2.75) is 31.8 Å². The van der Waals surface area contributed by atoms with Crippen LogP contribution >= 0.6 is 0 Å². The van der Waals surface area contributed by atoms with Crippen molar-refractivity contribution < 1.29 is 5.11 Å². The molecule has 19 heavy (non-hydrogen) atoms. The molecule has 1 fully saturated rings. The molecule has 1 aromatic heterocycles. The van der Waals surface area contributed by atoms with Crippen LogP contribution in [-0.4, -0.2) is 33.3 Å². The Hall–Kier alpha value is -1.76. The van der Waals surface area contributed by atoms with E-state index in [0.717, 1.165) is 6.42 Å². The van der Waals surface area contributed by atoms with E-state index in [2.05, 4.69) is 4.98 Å². The molecule has 1 aliphatic rings. The van der Waals surface area contributed by atoms with Crippen LogP contribution in [-0.2, 0) is 7.05 Å². The quantitative estimate of drug-likeness (QED) is 0.630. The number of aliphatic hydroxyl groups is 1. The third kappa shape index (κ3) is 2.65. The molecule has 0 aromatic carbocycles. The van der Waals surface area contributed by atoms with Crippen molar-refractivity contribution in [3.8, 4) is 0 Å². The first kappa shape index (κ1) is 13.7. The van der Waals surface area contributed by atoms with E-state index < -0.39 is 16.9 Å². The van der Waals surface area contributed by atoms with Gasteiger partial charge in [-0.1, -0.05) is 0 Å². The highest BCUT2D eigenvalue weighted by Gasteiger charge is 2.27. The second kappa shape index (κ2) is 4.73. The lowest BCUT2D eigenvalue weighted by atomic mass is 9.98. The number of nitrogens with zero attached hydrogens (tertiary/aromatic N) is 2. The number of nitrogens with one attached hydrogen (secondary N) is 1. The largest absolute Gasteiger partial charge is 0.390 e. The summed E-state index contributed by atoms with van der Waals surface area (Å²) in [5.74, 6) is 0.162. The highest BCUT2D eigenvalue weighted by molar-refractivity contribution is 5.62. The molecule has 1 unspecified atom stereocenters. The number of nitrogen functional groups attached to an aromatic ring is 1. The average Bonchev–Trinajstić information content (AvgIpc) is 2.48. The zero-order chi connectivity index (χ0) is 14.2. The van der Waals surface area contributed by atoms with Gasteiger partial charge >= 0.3 is 5.69 Å². The standard InChI is InChI=1S/C12H20N4O3/c1-12(19)4-3-6-16(7-5-12)8-9(13)15(2)11(18)14-10(8)17/h19H,3-7,13H2,1-2H3,(H,14,17,18). The maximum atomic E-state index is 11.9. The number of anilines is 2. The smallest absolute Gasteiger partial charge is 0.329 e. The van der Waals surface area contributed by atoms with E-state index in [4.69, 9.17) is 5.73 Å². The lowest BCUT2D eigenvalue weighted by Gasteiger charge is -2.24. The molecule has 0 spiro atoms. The fourth-order valence-corrected chi connectivity index (χ4v) is 2.42. The monoisotopic (exact) mass is 268 g/mol. The van der Waals surface area contributed by atoms with Crippen LogP contribution in [0.1, 0.15) is 26.2 Å². The molecular weight excluding hydrogens is 248 g/mol. The first-order valence-electron chi connectivity index (χ1n) is 6.38. The van der Waals surface area contributed by atoms with Crippen molar-refractivity contribution in [2.75, 3.05) is 23.7 Å². The Labute approximate surface area is 110 Å². The fourth-order valence-electron chi connectivity index (χ4n) is 2.42. The maximum Gasteiger partial charge on any atom is 0.329 e. The lowest BCUT2D eigenvalue weighted by molar-refractivity contribution is 0.0481. The number of aromatic amines is 1. The van der Waals surface area contributed by atoms with Gasteiger partial charge in [0, 0.05) is 20.1 Å². The number of nitrogens with two attached hydrogens (primary N) is 1. The molecule has 0 bridgehead atoms. The van der Waals surface area contributed by atoms with Gasteiger partial charge in [-0.25, -0.2) is 4.79 Å². The summed E-state index contributed by atoms with van der Waals surface area (Å²) in [4.78, 5) is 27.5. The van der Waals surface area contributed by atoms with Gasteiger partial charge in [-0.05, 0) is 26.2 Å². The molecule has 2 rings (SSSR count). The van der Waals surface area contributed by atoms with Crippen LogP contribution in [0.2, 0.25) is 0 Å². The van der Waals surface area contributed by atoms with Crippen LogP contribution < -0.4 is 21.9 Å². The van der Waals surface area contributed by atoms with Gasteiger partial charge in [0.1, 0.15) is 11.5 Å². The van der Waals surface area contributed by atoms with Gasteiger partial charge in [-0.2, -0.15) is 0 Å². The molecule has 1 atom stereocenters. The molecule has 1 saturated heterocycles. The Kier molecular flexibility index (Phi) is 3.40. The Morgan fingerprint density at radius 1 is 1.32 bits per heavy atom. The predicted octanol–water partition coefficient (Wildman–Crippen LogP) is -0.603. The predicted molar refractivity (Wildman–Crippen MR) is 73.4 cm³/mol. The molecule has 1 aliphatic heterocycles. The summed E-state index contributed by atoms with van der Waals surface area (Å²) in [6.07, 6.45) is 2.02. The molecule has 7 nitrogen and oxygen atoms in total. The van der Waals surface area contributed by atoms with E-state index >= 15 is 0 Å². The van der Waals surface area contributed by atoms with Crippen LogP contribution in [0.3, 0.4) is 0 Å². The molecule has 0 saturated carbocycles. The van der Waals surface area contributed by atoms with Gasteiger partial charge in [0.15, 0.2) is 0 Å². The van der Waals surface area contributed by atoms with E-state index in [0.29, 0.717) is 31.6 Å². The van der Waals surface area contributed by atoms with Crippen molar-refractivity contribution >= 4 is 11.5 Å². The van der Waals surface area contributed by atoms with E-state index in [1.165, 1.54) is 11.6 Å². The van der Waals surface area contributed by atoms with Gasteiger partial charge in [0.25, 0.3) is 5.56 Å². The summed E-state index contributed by atoms with van der Waals surface area (Å²) in [5, 5.41) is 10.1. The minimum absolute atomic E-state index is 0.162. The maximum absolute atomic E-state index is 11.9. The molecule has 0 amide bonds. The summed E-state index contributed by atoms with van der Waals surface area (Å²) in [6.45, 7) is 2.98. The normalized spacial score (nSPS) is 24.3. The lowest BCUT2D eigenvalue weighted by Crippen LogP contribution is -2.38. The minimum atomic E-state index is -0.711. The van der Waals surface area contributed by atoms with E-state index in [-0.39, 0.29) is 5.82 Å². The molecule has 2 heterocycles. The second-order valence-corrected chi connectivity index (χ2v) is 5.39. The van der Waals surface area contributed by atoms with Crippen molar-refractivity contribution in [1.82, 2.24) is 9.55 Å². The fraction of sp³-hybridized carbons (Fsp3) is 0.667. The van der Waals surface area contributed by atoms with E-state index in [1.54, 1.807) is 6.92 Å². The topological polar surface area (TPSA) is 104 Å². The Balaban J connectivity index is 2.40. The van der Waals surface area contributed by atoms with Gasteiger partial charge in [0.05, 0.1) is 5.60 Å². The molecular formula is C12H20N4O3. The second-order valence-electron chi connectivity index (χ2n) is 5.39.